The molecule has 1 aromatic carbocycles. The molecule has 0 N–H and O–H groups in total. The monoisotopic (exact) mass is 256 g/mol. The van der Waals surface area contributed by atoms with E-state index in [-0.39, 0.29) is 11.2 Å². The zero-order valence-electron chi connectivity index (χ0n) is 11.3. The van der Waals surface area contributed by atoms with Crippen molar-refractivity contribution in [2.75, 3.05) is 0 Å². The molecule has 0 atom stereocenters. The van der Waals surface area contributed by atoms with Crippen LogP contribution in [0.5, 0.6) is 0 Å². The number of nitrogens with zero attached hydrogens (tertiary/aromatic N) is 2. The normalized spacial score (nSPS) is 11.1. The zero-order chi connectivity index (χ0) is 14.0. The number of hydrogen-bond donors (Lipinski definition) is 0. The van der Waals surface area contributed by atoms with Crippen molar-refractivity contribution >= 4 is 12.2 Å². The molecule has 0 aliphatic rings. The van der Waals surface area contributed by atoms with E-state index in [9.17, 15) is 9.59 Å². The van der Waals surface area contributed by atoms with Crippen molar-refractivity contribution in [2.45, 2.75) is 6.92 Å². The third-order valence-corrected chi connectivity index (χ3v) is 2.97. The highest BCUT2D eigenvalue weighted by atomic mass is 16.2. The van der Waals surface area contributed by atoms with Crippen molar-refractivity contribution in [3.8, 4) is 0 Å². The van der Waals surface area contributed by atoms with E-state index in [4.69, 9.17) is 0 Å². The largest absolute Gasteiger partial charge is 0.330 e. The Balaban J connectivity index is 2.45. The first-order valence-corrected chi connectivity index (χ1v) is 6.00. The highest BCUT2D eigenvalue weighted by Gasteiger charge is 2.03. The molecule has 2 aromatic rings. The summed E-state index contributed by atoms with van der Waals surface area (Å²) in [6, 6.07) is 7.98. The first-order chi connectivity index (χ1) is 8.99. The summed E-state index contributed by atoms with van der Waals surface area (Å²) in [5.41, 5.74) is 2.07. The standard InChI is InChI=1S/C15H16N2O2/c1-11-5-4-6-12(9-11)7-8-13-10-16(2)15(19)17(3)14(13)18/h4-10H,1-3H3/b8-7+. The summed E-state index contributed by atoms with van der Waals surface area (Å²) >= 11 is 0. The van der Waals surface area contributed by atoms with Gasteiger partial charge < -0.3 is 4.57 Å². The van der Waals surface area contributed by atoms with Crippen LogP contribution in [-0.2, 0) is 14.1 Å². The summed E-state index contributed by atoms with van der Waals surface area (Å²) in [7, 11) is 3.11. The average molecular weight is 256 g/mol. The molecule has 1 heterocycles. The summed E-state index contributed by atoms with van der Waals surface area (Å²) in [5.74, 6) is 0. The molecule has 0 aliphatic heterocycles. The lowest BCUT2D eigenvalue weighted by molar-refractivity contribution is 0.683. The maximum absolute atomic E-state index is 11.9. The third kappa shape index (κ3) is 2.73. The van der Waals surface area contributed by atoms with E-state index in [0.29, 0.717) is 5.56 Å². The lowest BCUT2D eigenvalue weighted by atomic mass is 10.1. The van der Waals surface area contributed by atoms with Gasteiger partial charge in [-0.2, -0.15) is 0 Å². The molecular weight excluding hydrogens is 240 g/mol. The topological polar surface area (TPSA) is 44.0 Å². The van der Waals surface area contributed by atoms with Gasteiger partial charge in [-0.3, -0.25) is 9.36 Å². The fourth-order valence-electron chi connectivity index (χ4n) is 1.91. The van der Waals surface area contributed by atoms with Crippen molar-refractivity contribution in [2.24, 2.45) is 14.1 Å². The molecule has 0 saturated heterocycles. The van der Waals surface area contributed by atoms with Gasteiger partial charge in [-0.15, -0.1) is 0 Å². The van der Waals surface area contributed by atoms with Crippen molar-refractivity contribution in [1.29, 1.82) is 0 Å². The smallest absolute Gasteiger partial charge is 0.303 e. The van der Waals surface area contributed by atoms with Crippen LogP contribution in [0.25, 0.3) is 12.2 Å². The molecule has 0 unspecified atom stereocenters. The molecule has 0 fully saturated rings. The predicted molar refractivity (Wildman–Crippen MR) is 77.0 cm³/mol. The van der Waals surface area contributed by atoms with E-state index in [2.05, 4.69) is 0 Å². The van der Waals surface area contributed by atoms with E-state index < -0.39 is 0 Å². The van der Waals surface area contributed by atoms with Crippen molar-refractivity contribution < 1.29 is 0 Å². The number of rotatable bonds is 2. The second kappa shape index (κ2) is 5.10. The van der Waals surface area contributed by atoms with E-state index in [1.54, 1.807) is 19.3 Å². The molecule has 0 spiro atoms. The van der Waals surface area contributed by atoms with Gasteiger partial charge in [-0.25, -0.2) is 4.79 Å². The Morgan fingerprint density at radius 1 is 1.11 bits per heavy atom. The minimum Gasteiger partial charge on any atom is -0.303 e. The van der Waals surface area contributed by atoms with Crippen LogP contribution in [0.2, 0.25) is 0 Å². The van der Waals surface area contributed by atoms with Gasteiger partial charge in [0, 0.05) is 20.3 Å². The zero-order valence-corrected chi connectivity index (χ0v) is 11.3. The van der Waals surface area contributed by atoms with Crippen molar-refractivity contribution in [3.05, 3.63) is 68.0 Å². The van der Waals surface area contributed by atoms with E-state index in [1.165, 1.54) is 11.6 Å². The second-order valence-electron chi connectivity index (χ2n) is 4.59. The number of benzene rings is 1. The van der Waals surface area contributed by atoms with Crippen LogP contribution in [0.3, 0.4) is 0 Å². The quantitative estimate of drug-likeness (QED) is 0.818. The van der Waals surface area contributed by atoms with Gasteiger partial charge in [0.1, 0.15) is 0 Å². The Morgan fingerprint density at radius 3 is 2.53 bits per heavy atom. The van der Waals surface area contributed by atoms with Crippen LogP contribution < -0.4 is 11.2 Å². The van der Waals surface area contributed by atoms with Crippen molar-refractivity contribution in [3.63, 3.8) is 0 Å². The molecule has 19 heavy (non-hydrogen) atoms. The van der Waals surface area contributed by atoms with Gasteiger partial charge in [-0.05, 0) is 18.6 Å². The Morgan fingerprint density at radius 2 is 1.84 bits per heavy atom. The minimum absolute atomic E-state index is 0.285. The molecule has 4 nitrogen and oxygen atoms in total. The first kappa shape index (κ1) is 13.1. The summed E-state index contributed by atoms with van der Waals surface area (Å²) in [6.45, 7) is 2.02. The summed E-state index contributed by atoms with van der Waals surface area (Å²) in [6.07, 6.45) is 5.15. The fraction of sp³-hybridized carbons (Fsp3) is 0.200. The maximum atomic E-state index is 11.9. The summed E-state index contributed by atoms with van der Waals surface area (Å²) < 4.78 is 2.51. The highest BCUT2D eigenvalue weighted by molar-refractivity contribution is 5.69. The van der Waals surface area contributed by atoms with Gasteiger partial charge in [0.25, 0.3) is 5.56 Å². The van der Waals surface area contributed by atoms with Crippen LogP contribution in [0.15, 0.2) is 40.1 Å². The first-order valence-electron chi connectivity index (χ1n) is 6.00. The van der Waals surface area contributed by atoms with Gasteiger partial charge in [-0.1, -0.05) is 35.9 Å². The second-order valence-corrected chi connectivity index (χ2v) is 4.59. The third-order valence-electron chi connectivity index (χ3n) is 2.97. The number of hydrogen-bond acceptors (Lipinski definition) is 2. The van der Waals surface area contributed by atoms with Crippen LogP contribution >= 0.6 is 0 Å². The lowest BCUT2D eigenvalue weighted by Gasteiger charge is -2.03. The minimum atomic E-state index is -0.322. The molecule has 4 heteroatoms. The molecule has 0 saturated carbocycles. The summed E-state index contributed by atoms with van der Waals surface area (Å²) in [4.78, 5) is 23.5. The number of aromatic nitrogens is 2. The highest BCUT2D eigenvalue weighted by Crippen LogP contribution is 2.07. The molecular formula is C15H16N2O2. The molecule has 0 radical (unpaired) electrons. The fourth-order valence-corrected chi connectivity index (χ4v) is 1.91. The van der Waals surface area contributed by atoms with Crippen molar-refractivity contribution in [1.82, 2.24) is 9.13 Å². The van der Waals surface area contributed by atoms with Gasteiger partial charge in [0.05, 0.1) is 5.56 Å². The SMILES string of the molecule is Cc1cccc(/C=C/c2cn(C)c(=O)n(C)c2=O)c1. The Hall–Kier alpha value is -2.36. The Kier molecular flexibility index (Phi) is 3.51. The molecule has 0 bridgehead atoms. The van der Waals surface area contributed by atoms with Crippen LogP contribution in [0.1, 0.15) is 16.7 Å². The van der Waals surface area contributed by atoms with Gasteiger partial charge in [0.2, 0.25) is 0 Å². The molecule has 0 amide bonds. The molecule has 0 aliphatic carbocycles. The Bertz CT molecular complexity index is 751. The van der Waals surface area contributed by atoms with Crippen LogP contribution in [0.4, 0.5) is 0 Å². The number of aryl methyl sites for hydroxylation is 2. The Labute approximate surface area is 111 Å². The van der Waals surface area contributed by atoms with E-state index in [1.807, 2.05) is 37.3 Å². The van der Waals surface area contributed by atoms with Crippen LogP contribution in [-0.4, -0.2) is 9.13 Å². The lowest BCUT2D eigenvalue weighted by Crippen LogP contribution is -2.37. The average Bonchev–Trinajstić information content (AvgIpc) is 2.39. The van der Waals surface area contributed by atoms with E-state index >= 15 is 0 Å². The van der Waals surface area contributed by atoms with Gasteiger partial charge in [0.15, 0.2) is 0 Å². The van der Waals surface area contributed by atoms with E-state index in [0.717, 1.165) is 15.7 Å². The molecule has 98 valence electrons. The molecule has 1 aromatic heterocycles. The van der Waals surface area contributed by atoms with Gasteiger partial charge >= 0.3 is 5.69 Å². The molecule has 2 rings (SSSR count). The maximum Gasteiger partial charge on any atom is 0.330 e. The predicted octanol–water partition coefficient (Wildman–Crippen LogP) is 1.56. The van der Waals surface area contributed by atoms with Crippen LogP contribution in [0, 0.1) is 6.92 Å². The summed E-state index contributed by atoms with van der Waals surface area (Å²) in [5, 5.41) is 0.